The SMILES string of the molecule is CCOCC(O)CNCC(CC)CC. The molecule has 0 radical (unpaired) electrons. The minimum Gasteiger partial charge on any atom is -0.389 e. The second-order valence-electron chi connectivity index (χ2n) is 3.65. The molecule has 1 atom stereocenters. The lowest BCUT2D eigenvalue weighted by Gasteiger charge is -2.15. The van der Waals surface area contributed by atoms with Gasteiger partial charge in [-0.15, -0.1) is 0 Å². The molecule has 1 unspecified atom stereocenters. The highest BCUT2D eigenvalue weighted by molar-refractivity contribution is 4.62. The molecule has 0 spiro atoms. The second-order valence-corrected chi connectivity index (χ2v) is 3.65. The Kier molecular flexibility index (Phi) is 9.35. The first-order valence-corrected chi connectivity index (χ1v) is 5.71. The Balaban J connectivity index is 3.33. The van der Waals surface area contributed by atoms with Crippen LogP contribution in [0.15, 0.2) is 0 Å². The molecule has 0 saturated heterocycles. The van der Waals surface area contributed by atoms with Crippen LogP contribution in [0.25, 0.3) is 0 Å². The third-order valence-corrected chi connectivity index (χ3v) is 2.48. The Labute approximate surface area is 87.8 Å². The fraction of sp³-hybridized carbons (Fsp3) is 1.00. The van der Waals surface area contributed by atoms with Gasteiger partial charge in [0.1, 0.15) is 0 Å². The predicted octanol–water partition coefficient (Wildman–Crippen LogP) is 1.41. The normalized spacial score (nSPS) is 13.5. The van der Waals surface area contributed by atoms with Gasteiger partial charge in [-0.3, -0.25) is 0 Å². The molecule has 0 saturated carbocycles. The van der Waals surface area contributed by atoms with Gasteiger partial charge in [0.2, 0.25) is 0 Å². The molecule has 0 bridgehead atoms. The minimum absolute atomic E-state index is 0.371. The van der Waals surface area contributed by atoms with Crippen LogP contribution in [0.3, 0.4) is 0 Å². The lowest BCUT2D eigenvalue weighted by Crippen LogP contribution is -2.33. The Hall–Kier alpha value is -0.120. The summed E-state index contributed by atoms with van der Waals surface area (Å²) in [6.07, 6.45) is 2.03. The Morgan fingerprint density at radius 2 is 1.79 bits per heavy atom. The third kappa shape index (κ3) is 7.30. The molecule has 0 amide bonds. The van der Waals surface area contributed by atoms with Crippen molar-refractivity contribution in [1.82, 2.24) is 5.32 Å². The van der Waals surface area contributed by atoms with E-state index in [0.29, 0.717) is 19.8 Å². The van der Waals surface area contributed by atoms with E-state index in [1.165, 1.54) is 12.8 Å². The highest BCUT2D eigenvalue weighted by Crippen LogP contribution is 2.04. The van der Waals surface area contributed by atoms with Crippen molar-refractivity contribution in [1.29, 1.82) is 0 Å². The van der Waals surface area contributed by atoms with Crippen LogP contribution in [0.2, 0.25) is 0 Å². The van der Waals surface area contributed by atoms with E-state index in [0.717, 1.165) is 12.5 Å². The van der Waals surface area contributed by atoms with Crippen LogP contribution >= 0.6 is 0 Å². The number of rotatable bonds is 9. The lowest BCUT2D eigenvalue weighted by atomic mass is 10.0. The summed E-state index contributed by atoms with van der Waals surface area (Å²) >= 11 is 0. The van der Waals surface area contributed by atoms with Gasteiger partial charge >= 0.3 is 0 Å². The minimum atomic E-state index is -0.371. The quantitative estimate of drug-likeness (QED) is 0.595. The Morgan fingerprint density at radius 1 is 1.14 bits per heavy atom. The molecule has 3 nitrogen and oxygen atoms in total. The standard InChI is InChI=1S/C11H25NO2/c1-4-10(5-2)7-12-8-11(13)9-14-6-3/h10-13H,4-9H2,1-3H3. The number of hydrogen-bond acceptors (Lipinski definition) is 3. The molecule has 0 heterocycles. The van der Waals surface area contributed by atoms with Crippen LogP contribution in [-0.4, -0.2) is 37.5 Å². The summed E-state index contributed by atoms with van der Waals surface area (Å²) in [5, 5.41) is 12.7. The van der Waals surface area contributed by atoms with Crippen LogP contribution in [0.1, 0.15) is 33.6 Å². The van der Waals surface area contributed by atoms with Crippen LogP contribution in [-0.2, 0) is 4.74 Å². The van der Waals surface area contributed by atoms with Gasteiger partial charge in [0, 0.05) is 13.2 Å². The van der Waals surface area contributed by atoms with Crippen LogP contribution < -0.4 is 5.32 Å². The Bertz CT molecular complexity index is 116. The number of nitrogens with one attached hydrogen (secondary N) is 1. The van der Waals surface area contributed by atoms with Crippen LogP contribution in [0.5, 0.6) is 0 Å². The Morgan fingerprint density at radius 3 is 2.29 bits per heavy atom. The molecule has 0 aliphatic rings. The maximum absolute atomic E-state index is 9.45. The molecular formula is C11H25NO2. The van der Waals surface area contributed by atoms with Gasteiger partial charge in [-0.1, -0.05) is 26.7 Å². The molecule has 86 valence electrons. The van der Waals surface area contributed by atoms with Gasteiger partial charge in [0.15, 0.2) is 0 Å². The van der Waals surface area contributed by atoms with E-state index in [9.17, 15) is 5.11 Å². The average molecular weight is 203 g/mol. The van der Waals surface area contributed by atoms with E-state index in [-0.39, 0.29) is 6.10 Å². The van der Waals surface area contributed by atoms with Crippen molar-refractivity contribution in [3.63, 3.8) is 0 Å². The number of aliphatic hydroxyl groups excluding tert-OH is 1. The van der Waals surface area contributed by atoms with E-state index in [4.69, 9.17) is 4.74 Å². The van der Waals surface area contributed by atoms with Crippen molar-refractivity contribution in [3.05, 3.63) is 0 Å². The van der Waals surface area contributed by atoms with Crippen molar-refractivity contribution < 1.29 is 9.84 Å². The predicted molar refractivity (Wildman–Crippen MR) is 59.4 cm³/mol. The third-order valence-electron chi connectivity index (χ3n) is 2.48. The second kappa shape index (κ2) is 9.44. The molecule has 3 heteroatoms. The van der Waals surface area contributed by atoms with Gasteiger partial charge in [-0.05, 0) is 19.4 Å². The molecule has 0 aromatic rings. The van der Waals surface area contributed by atoms with Crippen molar-refractivity contribution in [2.75, 3.05) is 26.3 Å². The number of aliphatic hydroxyl groups is 1. The monoisotopic (exact) mass is 203 g/mol. The summed E-state index contributed by atoms with van der Waals surface area (Å²) in [6.45, 7) is 9.08. The van der Waals surface area contributed by atoms with Crippen LogP contribution in [0.4, 0.5) is 0 Å². The summed E-state index contributed by atoms with van der Waals surface area (Å²) in [4.78, 5) is 0. The highest BCUT2D eigenvalue weighted by atomic mass is 16.5. The molecule has 0 fully saturated rings. The van der Waals surface area contributed by atoms with Crippen LogP contribution in [0, 0.1) is 5.92 Å². The van der Waals surface area contributed by atoms with Gasteiger partial charge in [-0.25, -0.2) is 0 Å². The first-order valence-electron chi connectivity index (χ1n) is 5.71. The first-order chi connectivity index (χ1) is 6.74. The van der Waals surface area contributed by atoms with Crippen molar-refractivity contribution in [2.24, 2.45) is 5.92 Å². The zero-order valence-electron chi connectivity index (χ0n) is 9.75. The fourth-order valence-corrected chi connectivity index (χ4v) is 1.34. The van der Waals surface area contributed by atoms with Gasteiger partial charge in [-0.2, -0.15) is 0 Å². The molecule has 14 heavy (non-hydrogen) atoms. The zero-order chi connectivity index (χ0) is 10.8. The first kappa shape index (κ1) is 13.9. The van der Waals surface area contributed by atoms with Crippen molar-refractivity contribution >= 4 is 0 Å². The van der Waals surface area contributed by atoms with E-state index < -0.39 is 0 Å². The van der Waals surface area contributed by atoms with Crippen molar-refractivity contribution in [2.45, 2.75) is 39.7 Å². The van der Waals surface area contributed by atoms with Crippen molar-refractivity contribution in [3.8, 4) is 0 Å². The lowest BCUT2D eigenvalue weighted by molar-refractivity contribution is 0.0424. The molecule has 0 rings (SSSR count). The number of ether oxygens (including phenoxy) is 1. The maximum Gasteiger partial charge on any atom is 0.0897 e. The molecule has 0 aromatic heterocycles. The van der Waals surface area contributed by atoms with E-state index in [1.807, 2.05) is 6.92 Å². The fourth-order valence-electron chi connectivity index (χ4n) is 1.34. The summed E-state index contributed by atoms with van der Waals surface area (Å²) in [5.74, 6) is 0.731. The van der Waals surface area contributed by atoms with Gasteiger partial charge in [0.05, 0.1) is 12.7 Å². The summed E-state index contributed by atoms with van der Waals surface area (Å²) in [6, 6.07) is 0. The summed E-state index contributed by atoms with van der Waals surface area (Å²) < 4.78 is 5.12. The number of hydrogen-bond donors (Lipinski definition) is 2. The molecule has 2 N–H and O–H groups in total. The molecule has 0 aliphatic carbocycles. The largest absolute Gasteiger partial charge is 0.389 e. The summed E-state index contributed by atoms with van der Waals surface area (Å²) in [5.41, 5.74) is 0. The summed E-state index contributed by atoms with van der Waals surface area (Å²) in [7, 11) is 0. The topological polar surface area (TPSA) is 41.5 Å². The van der Waals surface area contributed by atoms with Gasteiger partial charge < -0.3 is 15.2 Å². The van der Waals surface area contributed by atoms with E-state index in [2.05, 4.69) is 19.2 Å². The highest BCUT2D eigenvalue weighted by Gasteiger charge is 2.06. The zero-order valence-corrected chi connectivity index (χ0v) is 9.75. The molecule has 0 aliphatic heterocycles. The van der Waals surface area contributed by atoms with E-state index in [1.54, 1.807) is 0 Å². The maximum atomic E-state index is 9.45. The average Bonchev–Trinajstić information content (AvgIpc) is 2.21. The smallest absolute Gasteiger partial charge is 0.0897 e. The van der Waals surface area contributed by atoms with E-state index >= 15 is 0 Å². The molecular weight excluding hydrogens is 178 g/mol. The van der Waals surface area contributed by atoms with Gasteiger partial charge in [0.25, 0.3) is 0 Å². The molecule has 0 aromatic carbocycles.